The van der Waals surface area contributed by atoms with Crippen molar-refractivity contribution < 1.29 is 9.18 Å². The molecule has 0 saturated carbocycles. The first kappa shape index (κ1) is 17.2. The van der Waals surface area contributed by atoms with Gasteiger partial charge in [0.1, 0.15) is 5.82 Å². The van der Waals surface area contributed by atoms with Gasteiger partial charge in [-0.05, 0) is 38.1 Å². The summed E-state index contributed by atoms with van der Waals surface area (Å²) in [7, 11) is 0. The number of rotatable bonds is 5. The van der Waals surface area contributed by atoms with Crippen LogP contribution in [0.2, 0.25) is 0 Å². The van der Waals surface area contributed by atoms with Gasteiger partial charge in [-0.1, -0.05) is 41.6 Å². The van der Waals surface area contributed by atoms with Crippen LogP contribution in [0, 0.1) is 12.7 Å². The molecule has 0 spiro atoms. The third kappa shape index (κ3) is 3.56. The monoisotopic (exact) mass is 356 g/mol. The second-order valence-electron chi connectivity index (χ2n) is 5.62. The third-order valence-electron chi connectivity index (χ3n) is 3.72. The molecule has 0 saturated heterocycles. The molecule has 128 valence electrons. The summed E-state index contributed by atoms with van der Waals surface area (Å²) in [4.78, 5) is 11.4. The van der Waals surface area contributed by atoms with Crippen LogP contribution in [-0.2, 0) is 4.79 Å². The number of thioether (sulfide) groups is 1. The van der Waals surface area contributed by atoms with Crippen LogP contribution in [-0.4, -0.2) is 25.9 Å². The molecule has 1 heterocycles. The maximum absolute atomic E-state index is 14.3. The molecule has 2 N–H and O–H groups in total. The van der Waals surface area contributed by atoms with Gasteiger partial charge in [-0.2, -0.15) is 0 Å². The quantitative estimate of drug-likeness (QED) is 0.712. The summed E-state index contributed by atoms with van der Waals surface area (Å²) < 4.78 is 16.0. The minimum atomic E-state index is -0.484. The van der Waals surface area contributed by atoms with E-state index in [4.69, 9.17) is 5.73 Å². The Balaban J connectivity index is 2.16. The molecule has 2 aromatic carbocycles. The van der Waals surface area contributed by atoms with Gasteiger partial charge in [0.05, 0.1) is 10.8 Å². The van der Waals surface area contributed by atoms with E-state index in [0.29, 0.717) is 16.5 Å². The molecule has 0 aliphatic carbocycles. The van der Waals surface area contributed by atoms with Gasteiger partial charge in [0.15, 0.2) is 11.0 Å². The Morgan fingerprint density at radius 2 is 1.84 bits per heavy atom. The molecule has 1 atom stereocenters. The van der Waals surface area contributed by atoms with Crippen LogP contribution in [0.4, 0.5) is 4.39 Å². The Labute approximate surface area is 149 Å². The molecule has 0 unspecified atom stereocenters. The number of aromatic nitrogens is 3. The van der Waals surface area contributed by atoms with E-state index >= 15 is 0 Å². The van der Waals surface area contributed by atoms with Crippen molar-refractivity contribution in [2.24, 2.45) is 5.73 Å². The summed E-state index contributed by atoms with van der Waals surface area (Å²) >= 11 is 1.19. The fourth-order valence-corrected chi connectivity index (χ4v) is 3.12. The van der Waals surface area contributed by atoms with Crippen molar-refractivity contribution in [3.8, 4) is 17.1 Å². The maximum atomic E-state index is 14.3. The molecule has 0 aliphatic heterocycles. The second-order valence-corrected chi connectivity index (χ2v) is 6.93. The zero-order valence-corrected chi connectivity index (χ0v) is 14.6. The summed E-state index contributed by atoms with van der Waals surface area (Å²) in [6, 6.07) is 14.1. The minimum absolute atomic E-state index is 0.342. The first-order valence-corrected chi connectivity index (χ1v) is 8.58. The summed E-state index contributed by atoms with van der Waals surface area (Å²) in [5, 5.41) is 8.31. The molecule has 0 aliphatic rings. The first-order valence-electron chi connectivity index (χ1n) is 7.70. The third-order valence-corrected chi connectivity index (χ3v) is 4.78. The van der Waals surface area contributed by atoms with E-state index < -0.39 is 11.2 Å². The number of amides is 1. The Morgan fingerprint density at radius 1 is 1.16 bits per heavy atom. The molecule has 7 heteroatoms. The average Bonchev–Trinajstić information content (AvgIpc) is 2.99. The first-order chi connectivity index (χ1) is 12.0. The van der Waals surface area contributed by atoms with Crippen molar-refractivity contribution in [2.75, 3.05) is 0 Å². The molecular weight excluding hydrogens is 339 g/mol. The highest BCUT2D eigenvalue weighted by Gasteiger charge is 2.21. The second kappa shape index (κ2) is 7.06. The summed E-state index contributed by atoms with van der Waals surface area (Å²) in [5.41, 5.74) is 7.59. The van der Waals surface area contributed by atoms with E-state index in [1.165, 1.54) is 17.8 Å². The molecule has 0 radical (unpaired) electrons. The average molecular weight is 356 g/mol. The number of aryl methyl sites for hydroxylation is 1. The van der Waals surface area contributed by atoms with Gasteiger partial charge in [-0.25, -0.2) is 4.39 Å². The Morgan fingerprint density at radius 3 is 2.48 bits per heavy atom. The maximum Gasteiger partial charge on any atom is 0.230 e. The van der Waals surface area contributed by atoms with Crippen LogP contribution in [0.25, 0.3) is 17.1 Å². The predicted octanol–water partition coefficient (Wildman–Crippen LogP) is 3.35. The topological polar surface area (TPSA) is 73.8 Å². The lowest BCUT2D eigenvalue weighted by Gasteiger charge is -2.12. The largest absolute Gasteiger partial charge is 0.369 e. The Bertz CT molecular complexity index is 908. The standard InChI is InChI=1S/C18H17FN4OS/c1-11-7-9-13(10-8-11)23-17(14-5-3-4-6-15(14)19)21-22-18(23)25-12(2)16(20)24/h3-10,12H,1-2H3,(H2,20,24)/t12-/m1/s1. The van der Waals surface area contributed by atoms with Crippen LogP contribution >= 0.6 is 11.8 Å². The molecule has 3 aromatic rings. The van der Waals surface area contributed by atoms with Crippen LogP contribution < -0.4 is 5.73 Å². The van der Waals surface area contributed by atoms with Crippen molar-refractivity contribution in [1.29, 1.82) is 0 Å². The van der Waals surface area contributed by atoms with Crippen LogP contribution in [0.15, 0.2) is 53.7 Å². The van der Waals surface area contributed by atoms with E-state index in [2.05, 4.69) is 10.2 Å². The Hall–Kier alpha value is -2.67. The number of nitrogens with zero attached hydrogens (tertiary/aromatic N) is 3. The van der Waals surface area contributed by atoms with Crippen molar-refractivity contribution in [1.82, 2.24) is 14.8 Å². The zero-order chi connectivity index (χ0) is 18.0. The SMILES string of the molecule is Cc1ccc(-n2c(S[C@H](C)C(N)=O)nnc2-c2ccccc2F)cc1. The van der Waals surface area contributed by atoms with Gasteiger partial charge in [0.25, 0.3) is 0 Å². The number of halogens is 1. The van der Waals surface area contributed by atoms with Crippen molar-refractivity contribution in [3.05, 3.63) is 59.9 Å². The predicted molar refractivity (Wildman–Crippen MR) is 96.0 cm³/mol. The van der Waals surface area contributed by atoms with E-state index in [9.17, 15) is 9.18 Å². The lowest BCUT2D eigenvalue weighted by molar-refractivity contribution is -0.117. The van der Waals surface area contributed by atoms with Crippen LogP contribution in [0.5, 0.6) is 0 Å². The van der Waals surface area contributed by atoms with Crippen molar-refractivity contribution in [2.45, 2.75) is 24.3 Å². The zero-order valence-electron chi connectivity index (χ0n) is 13.8. The molecule has 25 heavy (non-hydrogen) atoms. The van der Waals surface area contributed by atoms with Crippen LogP contribution in [0.3, 0.4) is 0 Å². The van der Waals surface area contributed by atoms with E-state index in [-0.39, 0.29) is 5.82 Å². The highest BCUT2D eigenvalue weighted by molar-refractivity contribution is 8.00. The molecule has 0 fully saturated rings. The van der Waals surface area contributed by atoms with Gasteiger partial charge >= 0.3 is 0 Å². The molecule has 1 aromatic heterocycles. The van der Waals surface area contributed by atoms with E-state index in [1.807, 2.05) is 31.2 Å². The molecular formula is C18H17FN4OS. The minimum Gasteiger partial charge on any atom is -0.369 e. The molecule has 0 bridgehead atoms. The summed E-state index contributed by atoms with van der Waals surface area (Å²) in [5.74, 6) is -0.459. The van der Waals surface area contributed by atoms with Gasteiger partial charge < -0.3 is 5.73 Å². The van der Waals surface area contributed by atoms with Crippen molar-refractivity contribution >= 4 is 17.7 Å². The molecule has 3 rings (SSSR count). The number of benzene rings is 2. The van der Waals surface area contributed by atoms with Crippen LogP contribution in [0.1, 0.15) is 12.5 Å². The lowest BCUT2D eigenvalue weighted by atomic mass is 10.2. The fraction of sp³-hybridized carbons (Fsp3) is 0.167. The normalized spacial score (nSPS) is 12.1. The van der Waals surface area contributed by atoms with Gasteiger partial charge in [0, 0.05) is 5.69 Å². The van der Waals surface area contributed by atoms with Crippen molar-refractivity contribution in [3.63, 3.8) is 0 Å². The summed E-state index contributed by atoms with van der Waals surface area (Å²) in [6.45, 7) is 3.68. The number of carbonyl (C=O) groups excluding carboxylic acids is 1. The summed E-state index contributed by atoms with van der Waals surface area (Å²) in [6.07, 6.45) is 0. The highest BCUT2D eigenvalue weighted by atomic mass is 32.2. The number of carbonyl (C=O) groups is 1. The van der Waals surface area contributed by atoms with E-state index in [0.717, 1.165) is 11.3 Å². The van der Waals surface area contributed by atoms with E-state index in [1.54, 1.807) is 29.7 Å². The Kier molecular flexibility index (Phi) is 4.85. The number of nitrogens with two attached hydrogens (primary N) is 1. The lowest BCUT2D eigenvalue weighted by Crippen LogP contribution is -2.23. The van der Waals surface area contributed by atoms with Gasteiger partial charge in [-0.15, -0.1) is 10.2 Å². The number of primary amides is 1. The molecule has 5 nitrogen and oxygen atoms in total. The fourth-order valence-electron chi connectivity index (χ4n) is 2.31. The highest BCUT2D eigenvalue weighted by Crippen LogP contribution is 2.31. The van der Waals surface area contributed by atoms with Gasteiger partial charge in [-0.3, -0.25) is 9.36 Å². The smallest absolute Gasteiger partial charge is 0.230 e. The number of hydrogen-bond donors (Lipinski definition) is 1. The number of hydrogen-bond acceptors (Lipinski definition) is 4. The molecule has 1 amide bonds. The van der Waals surface area contributed by atoms with Gasteiger partial charge in [0.2, 0.25) is 5.91 Å².